The molecule has 3 fully saturated rings. The summed E-state index contributed by atoms with van der Waals surface area (Å²) in [6, 6.07) is 1.80. The van der Waals surface area contributed by atoms with Crippen molar-refractivity contribution in [1.29, 1.82) is 0 Å². The van der Waals surface area contributed by atoms with Gasteiger partial charge in [-0.15, -0.1) is 0 Å². The highest BCUT2D eigenvalue weighted by Crippen LogP contribution is 2.69. The Morgan fingerprint density at radius 1 is 1.31 bits per heavy atom. The first-order valence-electron chi connectivity index (χ1n) is 10.4. The van der Waals surface area contributed by atoms with Crippen LogP contribution in [0.2, 0.25) is 0 Å². The van der Waals surface area contributed by atoms with Crippen LogP contribution in [0, 0.1) is 22.7 Å². The number of aliphatic hydroxyl groups is 2. The lowest BCUT2D eigenvalue weighted by atomic mass is 9.39. The summed E-state index contributed by atoms with van der Waals surface area (Å²) >= 11 is 0. The van der Waals surface area contributed by atoms with Gasteiger partial charge in [-0.1, -0.05) is 20.8 Å². The topological polar surface area (TPSA) is 106 Å². The van der Waals surface area contributed by atoms with Gasteiger partial charge in [0.15, 0.2) is 6.10 Å². The Labute approximate surface area is 169 Å². The van der Waals surface area contributed by atoms with Crippen molar-refractivity contribution in [2.75, 3.05) is 0 Å². The normalized spacial score (nSPS) is 46.9. The fraction of sp³-hybridized carbons (Fsp3) is 0.727. The zero-order chi connectivity index (χ0) is 20.9. The van der Waals surface area contributed by atoms with Gasteiger partial charge in [-0.2, -0.15) is 0 Å². The zero-order valence-electron chi connectivity index (χ0n) is 17.2. The van der Waals surface area contributed by atoms with Crippen LogP contribution in [0.15, 0.2) is 16.7 Å². The molecule has 0 bridgehead atoms. The van der Waals surface area contributed by atoms with E-state index in [1.807, 2.05) is 20.8 Å². The Bertz CT molecular complexity index is 887. The van der Waals surface area contributed by atoms with Gasteiger partial charge in [0, 0.05) is 30.2 Å². The molecule has 8 unspecified atom stereocenters. The van der Waals surface area contributed by atoms with Crippen molar-refractivity contribution >= 4 is 11.9 Å². The van der Waals surface area contributed by atoms with Gasteiger partial charge in [0.05, 0.1) is 18.3 Å². The van der Waals surface area contributed by atoms with Crippen LogP contribution in [0.4, 0.5) is 0 Å². The number of furan rings is 1. The lowest BCUT2D eigenvalue weighted by molar-refractivity contribution is -0.330. The van der Waals surface area contributed by atoms with Crippen molar-refractivity contribution in [3.05, 3.63) is 23.7 Å². The third kappa shape index (κ3) is 2.05. The highest BCUT2D eigenvalue weighted by atomic mass is 16.6. The van der Waals surface area contributed by atoms with Crippen LogP contribution in [-0.4, -0.2) is 46.1 Å². The molecule has 3 aliphatic carbocycles. The second kappa shape index (κ2) is 5.64. The average molecular weight is 404 g/mol. The standard InChI is InChI=1S/C22H28O7/c1-10(23)28-18-17-16-12(9-13-11(6-8-27-13)15(16)19(25)29-17)21(4)14(24)5-7-20(2,3)22(18,21)26/h6,8,12,14-18,24,26H,5,7,9H2,1-4H3. The van der Waals surface area contributed by atoms with E-state index in [1.54, 1.807) is 12.3 Å². The lowest BCUT2D eigenvalue weighted by Gasteiger charge is -2.68. The molecular weight excluding hydrogens is 376 g/mol. The van der Waals surface area contributed by atoms with E-state index in [0.29, 0.717) is 25.0 Å². The molecule has 2 heterocycles. The molecule has 2 N–H and O–H groups in total. The highest BCUT2D eigenvalue weighted by Gasteiger charge is 2.78. The molecule has 7 nitrogen and oxygen atoms in total. The summed E-state index contributed by atoms with van der Waals surface area (Å²) in [5.41, 5.74) is -2.44. The first-order valence-corrected chi connectivity index (χ1v) is 10.4. The van der Waals surface area contributed by atoms with Gasteiger partial charge in [0.2, 0.25) is 0 Å². The number of esters is 2. The van der Waals surface area contributed by atoms with E-state index in [9.17, 15) is 19.8 Å². The molecule has 5 rings (SSSR count). The van der Waals surface area contributed by atoms with E-state index in [4.69, 9.17) is 13.9 Å². The average Bonchev–Trinajstić information content (AvgIpc) is 3.24. The fourth-order valence-corrected chi connectivity index (χ4v) is 7.19. The van der Waals surface area contributed by atoms with E-state index in [2.05, 4.69) is 0 Å². The van der Waals surface area contributed by atoms with E-state index in [1.165, 1.54) is 6.92 Å². The highest BCUT2D eigenvalue weighted by molar-refractivity contribution is 5.82. The molecule has 158 valence electrons. The number of ether oxygens (including phenoxy) is 2. The monoisotopic (exact) mass is 404 g/mol. The molecule has 0 aromatic carbocycles. The molecule has 4 aliphatic rings. The van der Waals surface area contributed by atoms with Gasteiger partial charge < -0.3 is 24.1 Å². The number of aliphatic hydroxyl groups excluding tert-OH is 1. The largest absolute Gasteiger partial charge is 0.469 e. The van der Waals surface area contributed by atoms with Crippen LogP contribution in [0.1, 0.15) is 57.8 Å². The molecule has 0 spiro atoms. The SMILES string of the molecule is CC(=O)OC1C2OC(=O)C3c4ccoc4CC(C32)C2(C)C(O)CCC(C)(C)C12O. The summed E-state index contributed by atoms with van der Waals surface area (Å²) in [6.45, 7) is 7.04. The maximum Gasteiger partial charge on any atom is 0.314 e. The van der Waals surface area contributed by atoms with Crippen LogP contribution < -0.4 is 0 Å². The Morgan fingerprint density at radius 3 is 2.72 bits per heavy atom. The maximum absolute atomic E-state index is 13.0. The molecule has 29 heavy (non-hydrogen) atoms. The van der Waals surface area contributed by atoms with Crippen molar-refractivity contribution in [2.45, 2.75) is 76.8 Å². The maximum atomic E-state index is 13.0. The van der Waals surface area contributed by atoms with E-state index in [0.717, 1.165) is 5.56 Å². The van der Waals surface area contributed by atoms with Crippen LogP contribution >= 0.6 is 0 Å². The van der Waals surface area contributed by atoms with Crippen LogP contribution in [0.25, 0.3) is 0 Å². The van der Waals surface area contributed by atoms with E-state index in [-0.39, 0.29) is 17.8 Å². The molecule has 1 aromatic rings. The van der Waals surface area contributed by atoms with Gasteiger partial charge in [-0.05, 0) is 30.2 Å². The molecule has 1 aromatic heterocycles. The first kappa shape index (κ1) is 19.1. The van der Waals surface area contributed by atoms with Gasteiger partial charge in [0.25, 0.3) is 0 Å². The molecule has 8 atom stereocenters. The smallest absolute Gasteiger partial charge is 0.314 e. The Morgan fingerprint density at radius 2 is 2.03 bits per heavy atom. The van der Waals surface area contributed by atoms with E-state index >= 15 is 0 Å². The van der Waals surface area contributed by atoms with Crippen LogP contribution in [0.3, 0.4) is 0 Å². The van der Waals surface area contributed by atoms with Crippen LogP contribution in [-0.2, 0) is 25.5 Å². The van der Waals surface area contributed by atoms with Gasteiger partial charge in [0.1, 0.15) is 17.5 Å². The number of carbonyl (C=O) groups is 2. The molecular formula is C22H28O7. The quantitative estimate of drug-likeness (QED) is 0.689. The Kier molecular flexibility index (Phi) is 3.72. The lowest BCUT2D eigenvalue weighted by Crippen LogP contribution is -2.79. The first-order chi connectivity index (χ1) is 13.5. The summed E-state index contributed by atoms with van der Waals surface area (Å²) in [5, 5.41) is 23.6. The third-order valence-corrected chi connectivity index (χ3v) is 8.62. The molecule has 1 saturated heterocycles. The van der Waals surface area contributed by atoms with Crippen molar-refractivity contribution < 1.29 is 33.7 Å². The number of hydrogen-bond donors (Lipinski definition) is 2. The Hall–Kier alpha value is -1.86. The molecule has 0 amide bonds. The van der Waals surface area contributed by atoms with Gasteiger partial charge >= 0.3 is 11.9 Å². The molecule has 0 radical (unpaired) electrons. The third-order valence-electron chi connectivity index (χ3n) is 8.62. The zero-order valence-corrected chi connectivity index (χ0v) is 17.2. The van der Waals surface area contributed by atoms with Gasteiger partial charge in [-0.3, -0.25) is 9.59 Å². The summed E-state index contributed by atoms with van der Waals surface area (Å²) in [4.78, 5) is 25.0. The Balaban J connectivity index is 1.77. The van der Waals surface area contributed by atoms with Crippen molar-refractivity contribution in [3.8, 4) is 0 Å². The summed E-state index contributed by atoms with van der Waals surface area (Å²) in [6.07, 6.45) is 0.544. The number of hydrogen-bond acceptors (Lipinski definition) is 7. The predicted octanol–water partition coefficient (Wildman–Crippen LogP) is 1.94. The second-order valence-corrected chi connectivity index (χ2v) is 10.1. The predicted molar refractivity (Wildman–Crippen MR) is 99.6 cm³/mol. The summed E-state index contributed by atoms with van der Waals surface area (Å²) < 4.78 is 17.2. The number of carbonyl (C=O) groups excluding carboxylic acids is 2. The second-order valence-electron chi connectivity index (χ2n) is 10.1. The van der Waals surface area contributed by atoms with Crippen molar-refractivity contribution in [3.63, 3.8) is 0 Å². The van der Waals surface area contributed by atoms with Crippen molar-refractivity contribution in [2.24, 2.45) is 22.7 Å². The molecule has 1 aliphatic heterocycles. The fourth-order valence-electron chi connectivity index (χ4n) is 7.19. The minimum Gasteiger partial charge on any atom is -0.469 e. The number of fused-ring (bicyclic) bond motifs is 4. The molecule has 2 saturated carbocycles. The summed E-state index contributed by atoms with van der Waals surface area (Å²) in [5.74, 6) is -1.31. The van der Waals surface area contributed by atoms with E-state index < -0.39 is 46.6 Å². The van der Waals surface area contributed by atoms with Crippen LogP contribution in [0.5, 0.6) is 0 Å². The summed E-state index contributed by atoms with van der Waals surface area (Å²) in [7, 11) is 0. The minimum atomic E-state index is -1.57. The molecule has 7 heteroatoms. The van der Waals surface area contributed by atoms with Crippen molar-refractivity contribution in [1.82, 2.24) is 0 Å². The number of rotatable bonds is 1. The van der Waals surface area contributed by atoms with Gasteiger partial charge in [-0.25, -0.2) is 0 Å². The minimum absolute atomic E-state index is 0.256.